The van der Waals surface area contributed by atoms with Gasteiger partial charge in [0.05, 0.1) is 0 Å². The second-order valence-electron chi connectivity index (χ2n) is 6.59. The van der Waals surface area contributed by atoms with Gasteiger partial charge in [0.15, 0.2) is 0 Å². The van der Waals surface area contributed by atoms with E-state index in [0.717, 1.165) is 12.8 Å². The fourth-order valence-electron chi connectivity index (χ4n) is 2.76. The predicted molar refractivity (Wildman–Crippen MR) is 98.5 cm³/mol. The Hall–Kier alpha value is -0.157. The molecule has 0 saturated heterocycles. The van der Waals surface area contributed by atoms with Crippen molar-refractivity contribution in [2.45, 2.75) is 91.9 Å². The first-order chi connectivity index (χ1) is 10.7. The summed E-state index contributed by atoms with van der Waals surface area (Å²) in [6.07, 6.45) is 24.2. The number of hydrogen-bond donors (Lipinski definition) is 0. The smallest absolute Gasteiger partial charge is 0.250 e. The first-order valence-corrected chi connectivity index (χ1v) is 9.22. The van der Waals surface area contributed by atoms with Gasteiger partial charge in [-0.3, -0.25) is 0 Å². The van der Waals surface area contributed by atoms with Gasteiger partial charge in [-0.2, -0.15) is 11.1 Å². The molecule has 1 heteroatoms. The van der Waals surface area contributed by atoms with Crippen LogP contribution in [-0.2, 0) is 26.2 Å². The van der Waals surface area contributed by atoms with E-state index in [9.17, 15) is 0 Å². The molecule has 23 heavy (non-hydrogen) atoms. The second kappa shape index (κ2) is 14.2. The van der Waals surface area contributed by atoms with Crippen LogP contribution < -0.4 is 0 Å². The fraction of sp³-hybridized carbons (Fsp3) is 0.636. The Labute approximate surface area is 164 Å². The standard InChI is InChI=1S/2C11H17.Zr/c2*1-3-4-5-6-11-8-7-10(2)9-11;/h2*8H,3-7H2,1-2H3;/q2*-1;+2. The maximum absolute atomic E-state index is 3.39. The monoisotopic (exact) mass is 388 g/mol. The first-order valence-electron chi connectivity index (χ1n) is 9.22. The second-order valence-corrected chi connectivity index (χ2v) is 6.59. The molecule has 2 aliphatic rings. The molecule has 0 amide bonds. The summed E-state index contributed by atoms with van der Waals surface area (Å²) in [5, 5.41) is 0. The summed E-state index contributed by atoms with van der Waals surface area (Å²) in [6.45, 7) is 8.80. The van der Waals surface area contributed by atoms with Crippen LogP contribution in [-0.4, -0.2) is 0 Å². The maximum Gasteiger partial charge on any atom is 2.00 e. The van der Waals surface area contributed by atoms with Gasteiger partial charge in [0, 0.05) is 0 Å². The van der Waals surface area contributed by atoms with E-state index in [4.69, 9.17) is 0 Å². The van der Waals surface area contributed by atoms with Crippen LogP contribution in [0, 0.1) is 12.2 Å². The van der Waals surface area contributed by atoms with Crippen molar-refractivity contribution in [2.75, 3.05) is 0 Å². The van der Waals surface area contributed by atoms with Gasteiger partial charge in [-0.15, -0.1) is 0 Å². The zero-order chi connectivity index (χ0) is 16.2. The van der Waals surface area contributed by atoms with Crippen molar-refractivity contribution >= 4 is 0 Å². The van der Waals surface area contributed by atoms with Gasteiger partial charge in [-0.1, -0.05) is 91.9 Å². The summed E-state index contributed by atoms with van der Waals surface area (Å²) in [5.74, 6) is 0. The molecular formula is C22H34Zr. The Kier molecular flexibility index (Phi) is 14.1. The van der Waals surface area contributed by atoms with Crippen molar-refractivity contribution in [3.63, 3.8) is 0 Å². The summed E-state index contributed by atoms with van der Waals surface area (Å²) in [7, 11) is 0. The molecule has 0 nitrogen and oxygen atoms in total. The Balaban J connectivity index is 0.000000403. The molecule has 0 fully saturated rings. The molecule has 0 heterocycles. The third-order valence-electron chi connectivity index (χ3n) is 4.16. The van der Waals surface area contributed by atoms with Crippen LogP contribution >= 0.6 is 0 Å². The number of hydrogen-bond acceptors (Lipinski definition) is 0. The molecule has 126 valence electrons. The van der Waals surface area contributed by atoms with E-state index >= 15 is 0 Å². The normalized spacial score (nSPS) is 15.8. The van der Waals surface area contributed by atoms with Gasteiger partial charge >= 0.3 is 26.2 Å². The molecule has 0 radical (unpaired) electrons. The SMILES string of the molecule is CCCCCC1=CCC(C)=[C-]1.CCCCCC1=CCC(C)=[C-]1.[Zr+2]. The minimum Gasteiger partial charge on any atom is -0.250 e. The average Bonchev–Trinajstić information content (AvgIpc) is 3.09. The van der Waals surface area contributed by atoms with E-state index in [1.807, 2.05) is 0 Å². The summed E-state index contributed by atoms with van der Waals surface area (Å²) in [4.78, 5) is 0. The molecule has 0 atom stereocenters. The Bertz CT molecular complexity index is 393. The number of unbranched alkanes of at least 4 members (excludes halogenated alkanes) is 4. The van der Waals surface area contributed by atoms with Gasteiger partial charge in [-0.25, -0.2) is 35.5 Å². The maximum atomic E-state index is 3.39. The van der Waals surface area contributed by atoms with Gasteiger partial charge < -0.3 is 0 Å². The number of rotatable bonds is 8. The molecule has 0 aromatic carbocycles. The van der Waals surface area contributed by atoms with Crippen LogP contribution in [0.2, 0.25) is 0 Å². The van der Waals surface area contributed by atoms with Crippen molar-refractivity contribution in [3.8, 4) is 0 Å². The quantitative estimate of drug-likeness (QED) is 0.302. The van der Waals surface area contributed by atoms with Crippen molar-refractivity contribution in [1.82, 2.24) is 0 Å². The zero-order valence-electron chi connectivity index (χ0n) is 15.7. The average molecular weight is 390 g/mol. The van der Waals surface area contributed by atoms with Crippen molar-refractivity contribution < 1.29 is 26.2 Å². The molecule has 0 N–H and O–H groups in total. The topological polar surface area (TPSA) is 0 Å². The van der Waals surface area contributed by atoms with Gasteiger partial charge in [0.1, 0.15) is 0 Å². The van der Waals surface area contributed by atoms with Crippen molar-refractivity contribution in [2.24, 2.45) is 0 Å². The fourth-order valence-corrected chi connectivity index (χ4v) is 2.76. The molecule has 0 aromatic heterocycles. The van der Waals surface area contributed by atoms with Crippen LogP contribution in [0.4, 0.5) is 0 Å². The molecule has 0 saturated carbocycles. The van der Waals surface area contributed by atoms with E-state index in [2.05, 4.69) is 52.0 Å². The third kappa shape index (κ3) is 11.1. The minimum atomic E-state index is 0. The summed E-state index contributed by atoms with van der Waals surface area (Å²) < 4.78 is 0. The van der Waals surface area contributed by atoms with Gasteiger partial charge in [0.25, 0.3) is 0 Å². The van der Waals surface area contributed by atoms with Crippen LogP contribution in [0.25, 0.3) is 0 Å². The Morgan fingerprint density at radius 3 is 1.39 bits per heavy atom. The Morgan fingerprint density at radius 2 is 1.13 bits per heavy atom. The largest absolute Gasteiger partial charge is 2.00 e. The molecule has 0 aliphatic heterocycles. The molecule has 2 aliphatic carbocycles. The molecule has 0 unspecified atom stereocenters. The zero-order valence-corrected chi connectivity index (χ0v) is 18.2. The van der Waals surface area contributed by atoms with Crippen LogP contribution in [0.1, 0.15) is 91.9 Å². The molecule has 0 aromatic rings. The van der Waals surface area contributed by atoms with E-state index in [0.29, 0.717) is 0 Å². The van der Waals surface area contributed by atoms with Gasteiger partial charge in [-0.05, 0) is 0 Å². The van der Waals surface area contributed by atoms with E-state index in [1.165, 1.54) is 73.7 Å². The van der Waals surface area contributed by atoms with E-state index < -0.39 is 0 Å². The molecule has 0 spiro atoms. The van der Waals surface area contributed by atoms with Crippen LogP contribution in [0.15, 0.2) is 34.4 Å². The summed E-state index contributed by atoms with van der Waals surface area (Å²) in [6, 6.07) is 0. The van der Waals surface area contributed by atoms with Crippen LogP contribution in [0.3, 0.4) is 0 Å². The molecule has 2 rings (SSSR count). The van der Waals surface area contributed by atoms with Crippen molar-refractivity contribution in [1.29, 1.82) is 0 Å². The third-order valence-corrected chi connectivity index (χ3v) is 4.16. The minimum absolute atomic E-state index is 0. The van der Waals surface area contributed by atoms with Crippen molar-refractivity contribution in [3.05, 3.63) is 46.6 Å². The summed E-state index contributed by atoms with van der Waals surface area (Å²) >= 11 is 0. The van der Waals surface area contributed by atoms with Gasteiger partial charge in [0.2, 0.25) is 0 Å². The van der Waals surface area contributed by atoms with E-state index in [1.54, 1.807) is 0 Å². The number of allylic oxidation sites excluding steroid dienone is 8. The Morgan fingerprint density at radius 1 is 0.739 bits per heavy atom. The predicted octanol–water partition coefficient (Wildman–Crippen LogP) is 7.29. The van der Waals surface area contributed by atoms with Crippen LogP contribution in [0.5, 0.6) is 0 Å². The van der Waals surface area contributed by atoms with E-state index in [-0.39, 0.29) is 26.2 Å². The first kappa shape index (κ1) is 22.8. The molecule has 0 bridgehead atoms. The summed E-state index contributed by atoms with van der Waals surface area (Å²) in [5.41, 5.74) is 5.68. The molecular weight excluding hydrogens is 355 g/mol.